The van der Waals surface area contributed by atoms with Gasteiger partial charge in [0.2, 0.25) is 10.0 Å². The summed E-state index contributed by atoms with van der Waals surface area (Å²) in [4.78, 5) is 12.5. The molecule has 0 bridgehead atoms. The van der Waals surface area contributed by atoms with Crippen molar-refractivity contribution in [3.8, 4) is 5.75 Å². The molecular formula is C22H19Cl2N3O4S. The summed E-state index contributed by atoms with van der Waals surface area (Å²) in [6.07, 6.45) is 1.27. The first-order valence-corrected chi connectivity index (χ1v) is 11.6. The molecule has 32 heavy (non-hydrogen) atoms. The second-order valence-electron chi connectivity index (χ2n) is 6.71. The normalized spacial score (nSPS) is 11.7. The Morgan fingerprint density at radius 3 is 2.19 bits per heavy atom. The third kappa shape index (κ3) is 6.30. The van der Waals surface area contributed by atoms with Gasteiger partial charge in [0.25, 0.3) is 5.91 Å². The number of benzene rings is 3. The Hall–Kier alpha value is -2.91. The van der Waals surface area contributed by atoms with Gasteiger partial charge in [-0.05, 0) is 54.1 Å². The fourth-order valence-electron chi connectivity index (χ4n) is 2.74. The van der Waals surface area contributed by atoms with Gasteiger partial charge in [-0.2, -0.15) is 9.41 Å². The number of rotatable bonds is 8. The molecule has 1 amide bonds. The highest BCUT2D eigenvalue weighted by molar-refractivity contribution is 7.89. The van der Waals surface area contributed by atoms with E-state index >= 15 is 0 Å². The molecule has 3 aromatic rings. The van der Waals surface area contributed by atoms with E-state index in [0.717, 1.165) is 4.31 Å². The predicted molar refractivity (Wildman–Crippen MR) is 124 cm³/mol. The zero-order valence-corrected chi connectivity index (χ0v) is 19.0. The molecule has 0 unspecified atom stereocenters. The van der Waals surface area contributed by atoms with Crippen LogP contribution in [-0.2, 0) is 21.4 Å². The molecule has 0 saturated heterocycles. The number of hydrazone groups is 1. The van der Waals surface area contributed by atoms with E-state index in [1.54, 1.807) is 42.5 Å². The summed E-state index contributed by atoms with van der Waals surface area (Å²) in [5, 5.41) is 14.5. The lowest BCUT2D eigenvalue weighted by Crippen LogP contribution is -2.39. The number of phenolic OH excluding ortho intramolecular Hbond substituents is 1. The van der Waals surface area contributed by atoms with E-state index in [4.69, 9.17) is 23.2 Å². The summed E-state index contributed by atoms with van der Waals surface area (Å²) in [7, 11) is -4.02. The van der Waals surface area contributed by atoms with Crippen molar-refractivity contribution < 1.29 is 18.3 Å². The average molecular weight is 492 g/mol. The van der Waals surface area contributed by atoms with Crippen molar-refractivity contribution in [1.29, 1.82) is 0 Å². The van der Waals surface area contributed by atoms with Crippen LogP contribution >= 0.6 is 23.2 Å². The molecular weight excluding hydrogens is 473 g/mol. The number of aromatic hydroxyl groups is 1. The maximum absolute atomic E-state index is 13.2. The maximum Gasteiger partial charge on any atom is 0.255 e. The van der Waals surface area contributed by atoms with Crippen molar-refractivity contribution in [1.82, 2.24) is 9.73 Å². The summed E-state index contributed by atoms with van der Waals surface area (Å²) >= 11 is 11.8. The summed E-state index contributed by atoms with van der Waals surface area (Å²) in [6.45, 7) is -0.537. The highest BCUT2D eigenvalue weighted by Gasteiger charge is 2.27. The lowest BCUT2D eigenvalue weighted by Gasteiger charge is -2.21. The number of phenols is 1. The minimum Gasteiger partial charge on any atom is -0.507 e. The lowest BCUT2D eigenvalue weighted by molar-refractivity contribution is -0.121. The number of sulfonamides is 1. The highest BCUT2D eigenvalue weighted by Crippen LogP contribution is 2.21. The van der Waals surface area contributed by atoms with Crippen LogP contribution < -0.4 is 5.43 Å². The molecule has 166 valence electrons. The van der Waals surface area contributed by atoms with Crippen LogP contribution in [0.1, 0.15) is 11.1 Å². The SMILES string of the molecule is O=C(CN(Cc1ccc(Cl)cc1)S(=O)(=O)c1ccc(Cl)cc1)N/N=C\c1ccccc1O. The molecule has 0 aliphatic carbocycles. The number of halogens is 2. The van der Waals surface area contributed by atoms with Crippen molar-refractivity contribution in [2.24, 2.45) is 5.10 Å². The number of carbonyl (C=O) groups is 1. The zero-order chi connectivity index (χ0) is 23.1. The van der Waals surface area contributed by atoms with Gasteiger partial charge < -0.3 is 5.11 Å². The Labute approximate surface area is 196 Å². The molecule has 0 heterocycles. The second kappa shape index (κ2) is 10.6. The fourth-order valence-corrected chi connectivity index (χ4v) is 4.38. The Kier molecular flexibility index (Phi) is 7.87. The molecule has 3 rings (SSSR count). The standard InChI is InChI=1S/C22H19Cl2N3O4S/c23-18-7-5-16(6-8-18)14-27(32(30,31)20-11-9-19(24)10-12-20)15-22(29)26-25-13-17-3-1-2-4-21(17)28/h1-13,28H,14-15H2,(H,26,29)/b25-13-. The van der Waals surface area contributed by atoms with Gasteiger partial charge in [-0.25, -0.2) is 13.8 Å². The Bertz CT molecular complexity index is 1210. The van der Waals surface area contributed by atoms with Crippen molar-refractivity contribution >= 4 is 45.3 Å². The maximum atomic E-state index is 13.2. The minimum atomic E-state index is -4.02. The van der Waals surface area contributed by atoms with Crippen LogP contribution in [0.25, 0.3) is 0 Å². The van der Waals surface area contributed by atoms with Crippen LogP contribution in [0.5, 0.6) is 5.75 Å². The van der Waals surface area contributed by atoms with E-state index in [2.05, 4.69) is 10.5 Å². The number of hydrogen-bond donors (Lipinski definition) is 2. The number of nitrogens with one attached hydrogen (secondary N) is 1. The third-order valence-corrected chi connectivity index (χ3v) is 6.68. The topological polar surface area (TPSA) is 99.1 Å². The monoisotopic (exact) mass is 491 g/mol. The molecule has 0 saturated carbocycles. The molecule has 0 aromatic heterocycles. The first-order valence-electron chi connectivity index (χ1n) is 9.36. The molecule has 0 radical (unpaired) electrons. The Morgan fingerprint density at radius 2 is 1.56 bits per heavy atom. The first-order chi connectivity index (χ1) is 15.3. The van der Waals surface area contributed by atoms with Crippen molar-refractivity contribution in [2.75, 3.05) is 6.54 Å². The molecule has 0 fully saturated rings. The second-order valence-corrected chi connectivity index (χ2v) is 9.52. The molecule has 2 N–H and O–H groups in total. The van der Waals surface area contributed by atoms with E-state index in [1.807, 2.05) is 0 Å². The van der Waals surface area contributed by atoms with Crippen LogP contribution in [0.2, 0.25) is 10.0 Å². The quantitative estimate of drug-likeness (QED) is 0.366. The molecule has 0 spiro atoms. The van der Waals surface area contributed by atoms with Crippen molar-refractivity contribution in [3.05, 3.63) is 94.0 Å². The minimum absolute atomic E-state index is 0.000167. The lowest BCUT2D eigenvalue weighted by atomic mass is 10.2. The molecule has 7 nitrogen and oxygen atoms in total. The van der Waals surface area contributed by atoms with Crippen LogP contribution in [0.3, 0.4) is 0 Å². The third-order valence-electron chi connectivity index (χ3n) is 4.37. The van der Waals surface area contributed by atoms with Gasteiger partial charge in [-0.1, -0.05) is 47.5 Å². The summed E-state index contributed by atoms with van der Waals surface area (Å²) in [6, 6.07) is 18.8. The number of amides is 1. The van der Waals surface area contributed by atoms with Crippen LogP contribution in [0.4, 0.5) is 0 Å². The van der Waals surface area contributed by atoms with Gasteiger partial charge in [0.15, 0.2) is 0 Å². The molecule has 0 aliphatic rings. The summed E-state index contributed by atoms with van der Waals surface area (Å²) in [5.41, 5.74) is 3.34. The summed E-state index contributed by atoms with van der Waals surface area (Å²) in [5.74, 6) is -0.650. The van der Waals surface area contributed by atoms with Gasteiger partial charge in [0, 0.05) is 22.2 Å². The Balaban J connectivity index is 1.80. The molecule has 3 aromatic carbocycles. The van der Waals surface area contributed by atoms with Gasteiger partial charge in [-0.15, -0.1) is 0 Å². The van der Waals surface area contributed by atoms with Gasteiger partial charge >= 0.3 is 0 Å². The number of hydrogen-bond acceptors (Lipinski definition) is 5. The van der Waals surface area contributed by atoms with E-state index in [9.17, 15) is 18.3 Å². The fraction of sp³-hybridized carbons (Fsp3) is 0.0909. The first kappa shape index (κ1) is 23.7. The Morgan fingerprint density at radius 1 is 0.969 bits per heavy atom. The predicted octanol–water partition coefficient (Wildman–Crippen LogP) is 4.04. The number of carbonyl (C=O) groups excluding carboxylic acids is 1. The van der Waals surface area contributed by atoms with Gasteiger partial charge in [-0.3, -0.25) is 4.79 Å². The van der Waals surface area contributed by atoms with E-state index in [-0.39, 0.29) is 17.2 Å². The molecule has 0 aliphatic heterocycles. The van der Waals surface area contributed by atoms with E-state index < -0.39 is 22.5 Å². The average Bonchev–Trinajstić information content (AvgIpc) is 2.76. The van der Waals surface area contributed by atoms with Crippen molar-refractivity contribution in [2.45, 2.75) is 11.4 Å². The van der Waals surface area contributed by atoms with Crippen LogP contribution in [0.15, 0.2) is 82.8 Å². The van der Waals surface area contributed by atoms with E-state index in [0.29, 0.717) is 21.2 Å². The smallest absolute Gasteiger partial charge is 0.255 e. The zero-order valence-electron chi connectivity index (χ0n) is 16.7. The van der Waals surface area contributed by atoms with Gasteiger partial charge in [0.05, 0.1) is 17.7 Å². The highest BCUT2D eigenvalue weighted by atomic mass is 35.5. The van der Waals surface area contributed by atoms with Crippen molar-refractivity contribution in [3.63, 3.8) is 0 Å². The van der Waals surface area contributed by atoms with Crippen LogP contribution in [0, 0.1) is 0 Å². The molecule has 10 heteroatoms. The summed E-state index contributed by atoms with van der Waals surface area (Å²) < 4.78 is 27.4. The van der Waals surface area contributed by atoms with Crippen LogP contribution in [-0.4, -0.2) is 36.5 Å². The molecule has 0 atom stereocenters. The largest absolute Gasteiger partial charge is 0.507 e. The van der Waals surface area contributed by atoms with E-state index in [1.165, 1.54) is 36.5 Å². The number of nitrogens with zero attached hydrogens (tertiary/aromatic N) is 2. The number of para-hydroxylation sites is 1. The van der Waals surface area contributed by atoms with Gasteiger partial charge in [0.1, 0.15) is 5.75 Å².